The molecule has 22 heteroatoms. The molecule has 2 aliphatic rings. The Hall–Kier alpha value is -4.96. The summed E-state index contributed by atoms with van der Waals surface area (Å²) < 4.78 is 33.6. The second-order valence-electron chi connectivity index (χ2n) is 9.66. The van der Waals surface area contributed by atoms with E-state index in [9.17, 15) is 52.4 Å². The Morgan fingerprint density at radius 3 is 2.50 bits per heavy atom. The van der Waals surface area contributed by atoms with E-state index in [1.54, 1.807) is 0 Å². The number of aromatic nitrogens is 2. The van der Waals surface area contributed by atoms with Gasteiger partial charge in [-0.05, 0) is 12.8 Å². The van der Waals surface area contributed by atoms with E-state index in [1.165, 1.54) is 5.38 Å². The number of carboxylic acid groups (broad SMARTS) is 1. The van der Waals surface area contributed by atoms with Gasteiger partial charge in [0.15, 0.2) is 16.6 Å². The first-order chi connectivity index (χ1) is 20.6. The minimum atomic E-state index is -5.14. The topological polar surface area (TPSA) is 305 Å². The number of hydrogen-bond donors (Lipinski definition) is 8. The van der Waals surface area contributed by atoms with Crippen LogP contribution in [0.15, 0.2) is 27.6 Å². The van der Waals surface area contributed by atoms with Crippen LogP contribution in [0.2, 0.25) is 0 Å². The van der Waals surface area contributed by atoms with Crippen LogP contribution in [0.25, 0.3) is 0 Å². The molecule has 0 radical (unpaired) electrons. The predicted molar refractivity (Wildman–Crippen MR) is 147 cm³/mol. The maximum Gasteiger partial charge on any atom is 0.362 e. The molecule has 0 spiro atoms. The van der Waals surface area contributed by atoms with Crippen molar-refractivity contribution in [3.05, 3.63) is 39.3 Å². The molecule has 0 aromatic carbocycles. The third-order valence-corrected chi connectivity index (χ3v) is 8.41. The summed E-state index contributed by atoms with van der Waals surface area (Å²) in [6, 6.07) is -3.31. The molecule has 4 rings (SSSR count). The average Bonchev–Trinajstić information content (AvgIpc) is 3.60. The Morgan fingerprint density at radius 2 is 1.91 bits per heavy atom. The Balaban J connectivity index is 1.49. The lowest BCUT2D eigenvalue weighted by Crippen LogP contribution is -2.74. The highest BCUT2D eigenvalue weighted by Gasteiger charge is 2.54. The molecule has 1 aliphatic heterocycles. The average molecular weight is 659 g/mol. The largest absolute Gasteiger partial charge is 0.503 e. The number of nitrogens with zero attached hydrogens (tertiary/aromatic N) is 4. The Labute approximate surface area is 250 Å². The van der Waals surface area contributed by atoms with Gasteiger partial charge in [0.2, 0.25) is 11.0 Å². The van der Waals surface area contributed by atoms with E-state index >= 15 is 0 Å². The molecular weight excluding hydrogens is 632 g/mol. The van der Waals surface area contributed by atoms with Gasteiger partial charge in [0.25, 0.3) is 11.8 Å². The highest BCUT2D eigenvalue weighted by molar-refractivity contribution is 7.84. The second kappa shape index (κ2) is 12.3. The van der Waals surface area contributed by atoms with Gasteiger partial charge >= 0.3 is 22.3 Å². The number of nitrogen functional groups attached to an aromatic ring is 1. The van der Waals surface area contributed by atoms with Gasteiger partial charge in [0.05, 0.1) is 24.5 Å². The lowest BCUT2D eigenvalue weighted by molar-refractivity contribution is -0.165. The number of aliphatic carboxylic acids is 1. The molecule has 9 N–H and O–H groups in total. The highest BCUT2D eigenvalue weighted by atomic mass is 32.2. The number of pyridine rings is 1. The second-order valence-corrected chi connectivity index (χ2v) is 11.8. The van der Waals surface area contributed by atoms with Crippen molar-refractivity contribution in [3.63, 3.8) is 0 Å². The van der Waals surface area contributed by atoms with E-state index in [-0.39, 0.29) is 33.7 Å². The highest BCUT2D eigenvalue weighted by Crippen LogP contribution is 2.34. The standard InChI is InChI=1S/C22H26N8O12S2/c23-20-26-11(9-43-20)15(28-42-22(19(35)36)3-1-2-4-22)17(33)27-16-12(30(18(16)34)44(39,40)41)7-25-21(37)24-6-10-5-13(31)14(32)8-29(10)38/h5,8-9,12,16,32,38H,1-4,6-7H2,(H2,23,26)(H,27,33)(H,35,36)(H2,24,25,37)(H,39,40,41)/b28-15-/t12-,16+/m1/s1. The molecule has 3 heterocycles. The molecule has 2 atom stereocenters. The number of thiazole rings is 1. The zero-order valence-corrected chi connectivity index (χ0v) is 24.0. The van der Waals surface area contributed by atoms with Crippen LogP contribution in [0.1, 0.15) is 37.1 Å². The molecule has 1 saturated heterocycles. The fraction of sp³-hybridized carbons (Fsp3) is 0.409. The van der Waals surface area contributed by atoms with Gasteiger partial charge in [0, 0.05) is 30.8 Å². The van der Waals surface area contributed by atoms with Crippen LogP contribution < -0.4 is 27.1 Å². The van der Waals surface area contributed by atoms with Crippen molar-refractivity contribution in [2.24, 2.45) is 5.16 Å². The van der Waals surface area contributed by atoms with Crippen LogP contribution in [-0.2, 0) is 36.1 Å². The molecule has 238 valence electrons. The van der Waals surface area contributed by atoms with E-state index in [0.29, 0.717) is 23.8 Å². The number of β-lactam (4-membered cyclic amide) rings is 1. The summed E-state index contributed by atoms with van der Waals surface area (Å²) in [6.07, 6.45) is 2.00. The number of anilines is 1. The first-order valence-electron chi connectivity index (χ1n) is 12.6. The summed E-state index contributed by atoms with van der Waals surface area (Å²) in [7, 11) is -5.14. The lowest BCUT2D eigenvalue weighted by Gasteiger charge is -2.44. The van der Waals surface area contributed by atoms with E-state index in [4.69, 9.17) is 10.6 Å². The van der Waals surface area contributed by atoms with Gasteiger partial charge in [-0.1, -0.05) is 5.16 Å². The van der Waals surface area contributed by atoms with Gasteiger partial charge < -0.3 is 41.9 Å². The van der Waals surface area contributed by atoms with E-state index in [2.05, 4.69) is 26.1 Å². The van der Waals surface area contributed by atoms with Crippen LogP contribution in [0.4, 0.5) is 9.93 Å². The number of amides is 4. The molecule has 0 unspecified atom stereocenters. The van der Waals surface area contributed by atoms with E-state index in [1.807, 2.05) is 0 Å². The van der Waals surface area contributed by atoms with Crippen molar-refractivity contribution < 1.29 is 52.4 Å². The monoisotopic (exact) mass is 658 g/mol. The minimum Gasteiger partial charge on any atom is -0.503 e. The predicted octanol–water partition coefficient (Wildman–Crippen LogP) is -2.05. The summed E-state index contributed by atoms with van der Waals surface area (Å²) in [6.45, 7) is -1.07. The van der Waals surface area contributed by atoms with Gasteiger partial charge in [-0.25, -0.2) is 18.9 Å². The number of carbonyl (C=O) groups excluding carboxylic acids is 3. The molecule has 1 saturated carbocycles. The minimum absolute atomic E-state index is 0.0187. The summed E-state index contributed by atoms with van der Waals surface area (Å²) in [4.78, 5) is 71.0. The molecule has 1 aliphatic carbocycles. The van der Waals surface area contributed by atoms with Crippen molar-refractivity contribution in [2.75, 3.05) is 12.3 Å². The van der Waals surface area contributed by atoms with Crippen LogP contribution >= 0.6 is 11.3 Å². The number of aromatic hydroxyl groups is 1. The molecule has 2 fully saturated rings. The summed E-state index contributed by atoms with van der Waals surface area (Å²) in [5.74, 6) is -4.44. The molecule has 0 bridgehead atoms. The third-order valence-electron chi connectivity index (χ3n) is 6.79. The zero-order chi connectivity index (χ0) is 32.4. The number of nitrogens with one attached hydrogen (secondary N) is 3. The number of nitrogens with two attached hydrogens (primary N) is 1. The van der Waals surface area contributed by atoms with Crippen molar-refractivity contribution in [1.29, 1.82) is 0 Å². The number of oxime groups is 1. The molecule has 44 heavy (non-hydrogen) atoms. The van der Waals surface area contributed by atoms with Gasteiger partial charge in [-0.15, -0.1) is 11.3 Å². The van der Waals surface area contributed by atoms with Crippen molar-refractivity contribution in [1.82, 2.24) is 30.0 Å². The number of rotatable bonds is 11. The van der Waals surface area contributed by atoms with Crippen molar-refractivity contribution in [3.8, 4) is 5.75 Å². The van der Waals surface area contributed by atoms with Crippen LogP contribution in [0.3, 0.4) is 0 Å². The Morgan fingerprint density at radius 1 is 1.23 bits per heavy atom. The smallest absolute Gasteiger partial charge is 0.362 e. The van der Waals surface area contributed by atoms with Crippen molar-refractivity contribution >= 4 is 56.3 Å². The number of hydrogen-bond acceptors (Lipinski definition) is 14. The zero-order valence-electron chi connectivity index (χ0n) is 22.4. The molecule has 20 nitrogen and oxygen atoms in total. The van der Waals surface area contributed by atoms with E-state index in [0.717, 1.165) is 17.4 Å². The Bertz CT molecular complexity index is 1680. The van der Waals surface area contributed by atoms with Gasteiger partial charge in [-0.2, -0.15) is 13.1 Å². The molecule has 2 aromatic heterocycles. The first-order valence-corrected chi connectivity index (χ1v) is 14.9. The van der Waals surface area contributed by atoms with Gasteiger partial charge in [0.1, 0.15) is 11.7 Å². The Kier molecular flexibility index (Phi) is 8.96. The fourth-order valence-corrected chi connectivity index (χ4v) is 5.94. The maximum absolute atomic E-state index is 13.3. The number of carboxylic acids is 1. The maximum atomic E-state index is 13.3. The molecule has 2 aromatic rings. The summed E-state index contributed by atoms with van der Waals surface area (Å²) in [5, 5.41) is 40.5. The normalized spacial score (nSPS) is 19.6. The van der Waals surface area contributed by atoms with E-state index < -0.39 is 81.8 Å². The van der Waals surface area contributed by atoms with Crippen LogP contribution in [-0.4, -0.2) is 96.2 Å². The number of urea groups is 1. The quantitative estimate of drug-likeness (QED) is 0.0424. The summed E-state index contributed by atoms with van der Waals surface area (Å²) >= 11 is 0.919. The van der Waals surface area contributed by atoms with Crippen LogP contribution in [0, 0.1) is 0 Å². The molecular formula is C22H26N8O12S2. The number of carbonyl (C=O) groups is 4. The lowest BCUT2D eigenvalue weighted by atomic mass is 9.98. The fourth-order valence-electron chi connectivity index (χ4n) is 4.51. The molecule has 4 amide bonds. The van der Waals surface area contributed by atoms with Gasteiger partial charge in [-0.3, -0.25) is 18.9 Å². The SMILES string of the molecule is Nc1nc(/C(=N/OC2(C(=O)O)CCCC2)C(=O)N[C@@H]2C(=O)N(S(=O)(=O)O)[C@@H]2CNC(=O)NCc2cc(=O)c(O)cn2O)cs1. The third kappa shape index (κ3) is 6.65. The first kappa shape index (κ1) is 32.0. The van der Waals surface area contributed by atoms with Crippen molar-refractivity contribution in [2.45, 2.75) is 49.9 Å². The van der Waals surface area contributed by atoms with Crippen LogP contribution in [0.5, 0.6) is 5.75 Å². The summed E-state index contributed by atoms with van der Waals surface area (Å²) in [5.41, 5.74) is 2.28.